The Morgan fingerprint density at radius 2 is 2.03 bits per heavy atom. The van der Waals surface area contributed by atoms with E-state index in [9.17, 15) is 19.5 Å². The lowest BCUT2D eigenvalue weighted by Gasteiger charge is -2.23. The van der Waals surface area contributed by atoms with Gasteiger partial charge < -0.3 is 14.6 Å². The van der Waals surface area contributed by atoms with Crippen LogP contribution in [0.15, 0.2) is 48.0 Å². The fraction of sp³-hybridized carbons (Fsp3) is 0.231. The van der Waals surface area contributed by atoms with Crippen LogP contribution in [0.4, 0.5) is 5.13 Å². The quantitative estimate of drug-likeness (QED) is 0.225. The number of aliphatic hydroxyl groups excluding tert-OH is 1. The van der Waals surface area contributed by atoms with Crippen LogP contribution in [0.3, 0.4) is 0 Å². The second-order valence-electron chi connectivity index (χ2n) is 8.58. The van der Waals surface area contributed by atoms with E-state index in [0.29, 0.717) is 28.3 Å². The smallest absolute Gasteiger partial charge is 0.350 e. The number of ether oxygens (including phenoxy) is 2. The molecule has 0 spiro atoms. The van der Waals surface area contributed by atoms with Gasteiger partial charge in [0.05, 0.1) is 24.4 Å². The minimum Gasteiger partial charge on any atom is -0.507 e. The van der Waals surface area contributed by atoms with Crippen LogP contribution in [0.5, 0.6) is 5.75 Å². The number of aromatic nitrogens is 1. The van der Waals surface area contributed by atoms with Gasteiger partial charge in [0, 0.05) is 17.0 Å². The van der Waals surface area contributed by atoms with Crippen LogP contribution >= 0.6 is 22.9 Å². The first-order chi connectivity index (χ1) is 17.2. The molecule has 2 atom stereocenters. The molecule has 2 aromatic carbocycles. The summed E-state index contributed by atoms with van der Waals surface area (Å²) in [6.07, 6.45) is 0.670. The highest BCUT2D eigenvalue weighted by Gasteiger charge is 2.48. The molecule has 0 bridgehead atoms. The Labute approximate surface area is 215 Å². The van der Waals surface area contributed by atoms with Crippen molar-refractivity contribution in [3.8, 4) is 5.75 Å². The van der Waals surface area contributed by atoms with E-state index in [2.05, 4.69) is 4.98 Å². The van der Waals surface area contributed by atoms with Crippen molar-refractivity contribution in [3.05, 3.63) is 80.3 Å². The molecule has 5 rings (SSSR count). The molecule has 10 heteroatoms. The van der Waals surface area contributed by atoms with Crippen molar-refractivity contribution in [1.82, 2.24) is 4.98 Å². The third-order valence-electron chi connectivity index (χ3n) is 6.14. The molecule has 0 radical (unpaired) electrons. The minimum absolute atomic E-state index is 0.00610. The molecular formula is C26H21ClN2O6S. The molecule has 0 saturated carbocycles. The van der Waals surface area contributed by atoms with Gasteiger partial charge in [0.2, 0.25) is 0 Å². The van der Waals surface area contributed by atoms with Crippen LogP contribution in [0.2, 0.25) is 5.02 Å². The first kappa shape index (κ1) is 24.0. The Morgan fingerprint density at radius 3 is 2.75 bits per heavy atom. The largest absolute Gasteiger partial charge is 0.507 e. The normalized spacial score (nSPS) is 20.4. The predicted molar refractivity (Wildman–Crippen MR) is 135 cm³/mol. The average molecular weight is 525 g/mol. The Balaban J connectivity index is 1.69. The van der Waals surface area contributed by atoms with Crippen molar-refractivity contribution in [2.75, 3.05) is 12.0 Å². The molecular weight excluding hydrogens is 504 g/mol. The predicted octanol–water partition coefficient (Wildman–Crippen LogP) is 4.84. The molecule has 1 aromatic heterocycles. The molecule has 1 N–H and O–H groups in total. The summed E-state index contributed by atoms with van der Waals surface area (Å²) in [5.74, 6) is -1.93. The van der Waals surface area contributed by atoms with E-state index >= 15 is 0 Å². The Morgan fingerprint density at radius 1 is 1.25 bits per heavy atom. The lowest BCUT2D eigenvalue weighted by Crippen LogP contribution is -2.29. The zero-order chi connectivity index (χ0) is 25.7. The summed E-state index contributed by atoms with van der Waals surface area (Å²) in [6, 6.07) is 10.8. The van der Waals surface area contributed by atoms with Crippen LogP contribution in [0, 0.1) is 6.92 Å². The summed E-state index contributed by atoms with van der Waals surface area (Å²) < 4.78 is 10.6. The van der Waals surface area contributed by atoms with E-state index in [1.54, 1.807) is 49.4 Å². The maximum Gasteiger partial charge on any atom is 0.350 e. The first-order valence-electron chi connectivity index (χ1n) is 11.1. The molecule has 2 aliphatic rings. The third kappa shape index (κ3) is 3.94. The summed E-state index contributed by atoms with van der Waals surface area (Å²) in [5.41, 5.74) is 2.07. The summed E-state index contributed by atoms with van der Waals surface area (Å²) in [5, 5.41) is 11.9. The average Bonchev–Trinajstić information content (AvgIpc) is 3.50. The second kappa shape index (κ2) is 9.07. The van der Waals surface area contributed by atoms with Crippen LogP contribution in [-0.2, 0) is 20.7 Å². The zero-order valence-electron chi connectivity index (χ0n) is 19.6. The highest BCUT2D eigenvalue weighted by molar-refractivity contribution is 7.17. The van der Waals surface area contributed by atoms with Crippen molar-refractivity contribution in [2.24, 2.45) is 0 Å². The van der Waals surface area contributed by atoms with Gasteiger partial charge in [-0.3, -0.25) is 14.5 Å². The number of methoxy groups -OCH3 is 1. The number of carbonyl (C=O) groups excluding carboxylic acids is 3. The number of hydrogen-bond acceptors (Lipinski definition) is 8. The summed E-state index contributed by atoms with van der Waals surface area (Å²) in [6.45, 7) is 3.56. The van der Waals surface area contributed by atoms with Crippen LogP contribution < -0.4 is 9.64 Å². The van der Waals surface area contributed by atoms with Gasteiger partial charge in [0.25, 0.3) is 5.78 Å². The van der Waals surface area contributed by atoms with Gasteiger partial charge in [0.15, 0.2) is 5.13 Å². The molecule has 3 aromatic rings. The molecule has 1 saturated heterocycles. The maximum atomic E-state index is 13.4. The van der Waals surface area contributed by atoms with E-state index in [1.165, 1.54) is 12.0 Å². The van der Waals surface area contributed by atoms with Gasteiger partial charge in [-0.25, -0.2) is 9.78 Å². The number of aryl methyl sites for hydroxylation is 1. The number of benzene rings is 2. The Bertz CT molecular complexity index is 1460. The fourth-order valence-corrected chi connectivity index (χ4v) is 5.72. The van der Waals surface area contributed by atoms with Crippen LogP contribution in [0.1, 0.15) is 45.0 Å². The molecule has 36 heavy (non-hydrogen) atoms. The number of ketones is 1. The number of halogens is 1. The number of fused-ring (bicyclic) bond motifs is 1. The number of carbonyl (C=O) groups is 3. The van der Waals surface area contributed by atoms with Gasteiger partial charge in [-0.2, -0.15) is 0 Å². The molecule has 2 aliphatic heterocycles. The number of Topliss-reactive ketones (excluding diaryl/α,β-unsaturated/α-hetero) is 1. The number of thiazole rings is 1. The van der Waals surface area contributed by atoms with Crippen molar-refractivity contribution in [3.63, 3.8) is 0 Å². The maximum absolute atomic E-state index is 13.4. The number of aliphatic hydroxyl groups is 1. The van der Waals surface area contributed by atoms with Gasteiger partial charge in [0.1, 0.15) is 22.5 Å². The van der Waals surface area contributed by atoms with Gasteiger partial charge in [-0.15, -0.1) is 0 Å². The van der Waals surface area contributed by atoms with E-state index in [-0.39, 0.29) is 27.4 Å². The fourth-order valence-electron chi connectivity index (χ4n) is 4.51. The monoisotopic (exact) mass is 524 g/mol. The van der Waals surface area contributed by atoms with E-state index < -0.39 is 23.7 Å². The SMILES string of the molecule is COC(=O)c1sc(N2C(=O)C(=O)/C(=C(/O)c3ccc4c(c3)C[C@H](C)O4)[C@H]2c2cccc(Cl)c2)nc1C. The van der Waals surface area contributed by atoms with Crippen LogP contribution in [0.25, 0.3) is 5.76 Å². The Hall–Kier alpha value is -3.69. The summed E-state index contributed by atoms with van der Waals surface area (Å²) in [7, 11) is 1.25. The molecule has 0 unspecified atom stereocenters. The molecule has 8 nitrogen and oxygen atoms in total. The Kier molecular flexibility index (Phi) is 6.05. The lowest BCUT2D eigenvalue weighted by atomic mass is 9.94. The van der Waals surface area contributed by atoms with Gasteiger partial charge in [-0.1, -0.05) is 35.1 Å². The van der Waals surface area contributed by atoms with Crippen LogP contribution in [-0.4, -0.2) is 41.0 Å². The van der Waals surface area contributed by atoms with Crippen molar-refractivity contribution < 1.29 is 29.0 Å². The topological polar surface area (TPSA) is 106 Å². The third-order valence-corrected chi connectivity index (χ3v) is 7.51. The van der Waals surface area contributed by atoms with E-state index in [1.807, 2.05) is 6.92 Å². The summed E-state index contributed by atoms with van der Waals surface area (Å²) in [4.78, 5) is 44.7. The second-order valence-corrected chi connectivity index (χ2v) is 10.00. The number of rotatable bonds is 4. The van der Waals surface area contributed by atoms with E-state index in [4.69, 9.17) is 21.1 Å². The van der Waals surface area contributed by atoms with Crippen molar-refractivity contribution in [2.45, 2.75) is 32.4 Å². The van der Waals surface area contributed by atoms with Crippen molar-refractivity contribution in [1.29, 1.82) is 0 Å². The highest BCUT2D eigenvalue weighted by atomic mass is 35.5. The molecule has 1 amide bonds. The molecule has 184 valence electrons. The van der Waals surface area contributed by atoms with Gasteiger partial charge in [-0.05, 0) is 55.3 Å². The number of anilines is 1. The molecule has 3 heterocycles. The number of nitrogens with zero attached hydrogens (tertiary/aromatic N) is 2. The molecule has 1 fully saturated rings. The lowest BCUT2D eigenvalue weighted by molar-refractivity contribution is -0.132. The minimum atomic E-state index is -1.01. The number of hydrogen-bond donors (Lipinski definition) is 1. The molecule has 0 aliphatic carbocycles. The standard InChI is InChI=1S/C26H21ClN2O6S/c1-12-9-16-10-15(7-8-18(16)35-12)21(30)19-20(14-5-4-6-17(27)11-14)29(24(32)22(19)31)26-28-13(2)23(36-26)25(33)34-3/h4-8,10-12,20,30H,9H2,1-3H3/b21-19+/t12-,20+/m0/s1. The summed E-state index contributed by atoms with van der Waals surface area (Å²) >= 11 is 7.18. The zero-order valence-corrected chi connectivity index (χ0v) is 21.1. The van der Waals surface area contributed by atoms with E-state index in [0.717, 1.165) is 22.6 Å². The van der Waals surface area contributed by atoms with Crippen molar-refractivity contribution >= 4 is 51.5 Å². The van der Waals surface area contributed by atoms with Gasteiger partial charge >= 0.3 is 11.9 Å². The number of amides is 1. The first-order valence-corrected chi connectivity index (χ1v) is 12.3. The number of esters is 1. The highest BCUT2D eigenvalue weighted by Crippen LogP contribution is 2.44.